The predicted molar refractivity (Wildman–Crippen MR) is 216 cm³/mol. The van der Waals surface area contributed by atoms with E-state index in [2.05, 4.69) is 57.2 Å². The summed E-state index contributed by atoms with van der Waals surface area (Å²) in [6, 6.07) is 0. The molecule has 51 heavy (non-hydrogen) atoms. The van der Waals surface area contributed by atoms with E-state index in [0.717, 1.165) is 70.1 Å². The Morgan fingerprint density at radius 3 is 1.55 bits per heavy atom. The van der Waals surface area contributed by atoms with Crippen LogP contribution in [-0.2, 0) is 19.1 Å². The second kappa shape index (κ2) is 39.0. The summed E-state index contributed by atoms with van der Waals surface area (Å²) in [6.45, 7) is 6.30. The van der Waals surface area contributed by atoms with E-state index in [0.29, 0.717) is 12.8 Å². The van der Waals surface area contributed by atoms with Crippen molar-refractivity contribution in [2.75, 3.05) is 13.2 Å². The molecule has 0 aliphatic carbocycles. The Balaban J connectivity index is 3.64. The summed E-state index contributed by atoms with van der Waals surface area (Å²) < 4.78 is 10.6. The monoisotopic (exact) mass is 717 g/mol. The van der Waals surface area contributed by atoms with Crippen LogP contribution in [0, 0.1) is 5.92 Å². The molecule has 0 aliphatic rings. The van der Waals surface area contributed by atoms with E-state index in [1.54, 1.807) is 0 Å². The average molecular weight is 717 g/mol. The number of hydrogen-bond acceptors (Lipinski definition) is 6. The van der Waals surface area contributed by atoms with Gasteiger partial charge in [-0.2, -0.15) is 0 Å². The highest BCUT2D eigenvalue weighted by molar-refractivity contribution is 5.70. The van der Waals surface area contributed by atoms with E-state index in [1.807, 2.05) is 12.2 Å². The molecule has 0 unspecified atom stereocenters. The van der Waals surface area contributed by atoms with Gasteiger partial charge in [-0.3, -0.25) is 9.59 Å². The molecule has 0 radical (unpaired) electrons. The zero-order valence-corrected chi connectivity index (χ0v) is 33.4. The van der Waals surface area contributed by atoms with Crippen LogP contribution in [0.4, 0.5) is 0 Å². The van der Waals surface area contributed by atoms with Crippen molar-refractivity contribution in [2.24, 2.45) is 5.92 Å². The minimum absolute atomic E-state index is 0.0974. The normalized spacial score (nSPS) is 13.4. The van der Waals surface area contributed by atoms with Gasteiger partial charge in [0.1, 0.15) is 6.61 Å². The molecular weight excluding hydrogens is 636 g/mol. The van der Waals surface area contributed by atoms with E-state index in [-0.39, 0.29) is 37.7 Å². The van der Waals surface area contributed by atoms with Crippen LogP contribution < -0.4 is 0 Å². The number of rotatable bonds is 37. The maximum Gasteiger partial charge on any atom is 0.306 e. The van der Waals surface area contributed by atoms with Gasteiger partial charge >= 0.3 is 11.9 Å². The molecule has 0 aromatic carbocycles. The quantitative estimate of drug-likeness (QED) is 0.0378. The van der Waals surface area contributed by atoms with Crippen molar-refractivity contribution < 1.29 is 29.3 Å². The van der Waals surface area contributed by atoms with Gasteiger partial charge in [0.15, 0.2) is 6.10 Å². The first-order valence-electron chi connectivity index (χ1n) is 21.1. The third-order valence-corrected chi connectivity index (χ3v) is 9.12. The Hall–Kier alpha value is -2.18. The van der Waals surface area contributed by atoms with Gasteiger partial charge < -0.3 is 19.7 Å². The summed E-state index contributed by atoms with van der Waals surface area (Å²) in [6.07, 6.45) is 45.2. The summed E-state index contributed by atoms with van der Waals surface area (Å²) in [7, 11) is 0. The van der Waals surface area contributed by atoms with Crippen molar-refractivity contribution in [3.63, 3.8) is 0 Å². The lowest BCUT2D eigenvalue weighted by atomic mass is 10.0. The number of hydrogen-bond donors (Lipinski definition) is 2. The molecule has 0 heterocycles. The molecule has 0 aromatic heterocycles. The molecule has 2 atom stereocenters. The maximum atomic E-state index is 12.2. The highest BCUT2D eigenvalue weighted by Gasteiger charge is 2.16. The zero-order chi connectivity index (χ0) is 37.5. The number of ether oxygens (including phenoxy) is 2. The Morgan fingerprint density at radius 1 is 0.569 bits per heavy atom. The second-order valence-electron chi connectivity index (χ2n) is 14.7. The number of carbonyl (C=O) groups is 2. The van der Waals surface area contributed by atoms with E-state index < -0.39 is 6.10 Å². The molecule has 0 saturated carbocycles. The summed E-state index contributed by atoms with van der Waals surface area (Å²) in [4.78, 5) is 24.3. The number of allylic oxidation sites excluding steroid dienone is 7. The van der Waals surface area contributed by atoms with Gasteiger partial charge in [0.25, 0.3) is 0 Å². The van der Waals surface area contributed by atoms with Crippen molar-refractivity contribution in [1.82, 2.24) is 0 Å². The van der Waals surface area contributed by atoms with Crippen molar-refractivity contribution in [2.45, 2.75) is 206 Å². The molecule has 0 rings (SSSR count). The van der Waals surface area contributed by atoms with Crippen molar-refractivity contribution in [3.05, 3.63) is 48.6 Å². The molecule has 2 N–H and O–H groups in total. The van der Waals surface area contributed by atoms with Gasteiger partial charge in [-0.15, -0.1) is 0 Å². The van der Waals surface area contributed by atoms with Crippen LogP contribution >= 0.6 is 0 Å². The molecule has 6 nitrogen and oxygen atoms in total. The number of carbonyl (C=O) groups excluding carboxylic acids is 2. The first kappa shape index (κ1) is 48.8. The smallest absolute Gasteiger partial charge is 0.306 e. The van der Waals surface area contributed by atoms with E-state index in [9.17, 15) is 19.8 Å². The molecule has 0 fully saturated rings. The second-order valence-corrected chi connectivity index (χ2v) is 14.7. The fourth-order valence-electron chi connectivity index (χ4n) is 5.87. The van der Waals surface area contributed by atoms with Gasteiger partial charge in [0.05, 0.1) is 12.7 Å². The Bertz CT molecular complexity index is 889. The minimum atomic E-state index is -0.811. The molecular formula is C45H80O6. The largest absolute Gasteiger partial charge is 0.462 e. The van der Waals surface area contributed by atoms with Crippen molar-refractivity contribution in [3.8, 4) is 0 Å². The molecule has 6 heteroatoms. The first-order valence-corrected chi connectivity index (χ1v) is 21.1. The van der Waals surface area contributed by atoms with Crippen molar-refractivity contribution >= 4 is 11.9 Å². The summed E-state index contributed by atoms with van der Waals surface area (Å²) >= 11 is 0. The maximum absolute atomic E-state index is 12.2. The van der Waals surface area contributed by atoms with Crippen LogP contribution in [0.3, 0.4) is 0 Å². The van der Waals surface area contributed by atoms with Gasteiger partial charge in [0.2, 0.25) is 0 Å². The van der Waals surface area contributed by atoms with Crippen LogP contribution in [-0.4, -0.2) is 47.6 Å². The molecule has 0 saturated heterocycles. The molecule has 296 valence electrons. The van der Waals surface area contributed by atoms with E-state index in [1.165, 1.54) is 89.9 Å². The van der Waals surface area contributed by atoms with E-state index >= 15 is 0 Å². The topological polar surface area (TPSA) is 93.1 Å². The predicted octanol–water partition coefficient (Wildman–Crippen LogP) is 12.2. The fraction of sp³-hybridized carbons (Fsp3) is 0.778. The van der Waals surface area contributed by atoms with Gasteiger partial charge in [0, 0.05) is 12.8 Å². The SMILES string of the molecule is CCCC[C@@H](O)/C=C\C/C=C\C/C=C\C/C=C\CCCC(=O)O[C@@H](CO)COC(=O)CCCCCCCCCCCCCCCCCCC(C)C. The van der Waals surface area contributed by atoms with Gasteiger partial charge in [-0.25, -0.2) is 0 Å². The summed E-state index contributed by atoms with van der Waals surface area (Å²) in [5.41, 5.74) is 0. The average Bonchev–Trinajstić information content (AvgIpc) is 3.11. The van der Waals surface area contributed by atoms with Crippen LogP contribution in [0.1, 0.15) is 194 Å². The molecule has 0 aromatic rings. The summed E-state index contributed by atoms with van der Waals surface area (Å²) in [5, 5.41) is 19.3. The molecule has 0 aliphatic heterocycles. The van der Waals surface area contributed by atoms with Crippen LogP contribution in [0.5, 0.6) is 0 Å². The molecule has 0 bridgehead atoms. The summed E-state index contributed by atoms with van der Waals surface area (Å²) in [5.74, 6) is 0.177. The number of aliphatic hydroxyl groups is 2. The minimum Gasteiger partial charge on any atom is -0.462 e. The fourth-order valence-corrected chi connectivity index (χ4v) is 5.87. The third-order valence-electron chi connectivity index (χ3n) is 9.12. The lowest BCUT2D eigenvalue weighted by Gasteiger charge is -2.15. The van der Waals surface area contributed by atoms with Crippen molar-refractivity contribution in [1.29, 1.82) is 0 Å². The van der Waals surface area contributed by atoms with Crippen LogP contribution in [0.2, 0.25) is 0 Å². The molecule has 0 amide bonds. The highest BCUT2D eigenvalue weighted by atomic mass is 16.6. The van der Waals surface area contributed by atoms with E-state index in [4.69, 9.17) is 9.47 Å². The standard InChI is InChI=1S/C45H80O6/c1-4-5-35-42(47)36-31-27-23-19-15-12-13-17-21-25-29-33-38-45(49)51-43(39-46)40-50-44(48)37-32-28-24-20-16-11-9-7-6-8-10-14-18-22-26-30-34-41(2)3/h12-13,19,21,23,25,31,36,41-43,46-47H,4-11,14-18,20,22,24,26-30,32-35,37-40H2,1-3H3/b13-12-,23-19-,25-21-,36-31-/t42-,43+/m1/s1. The zero-order valence-electron chi connectivity index (χ0n) is 33.4. The Kier molecular flexibility index (Phi) is 37.4. The van der Waals surface area contributed by atoms with Crippen LogP contribution in [0.25, 0.3) is 0 Å². The lowest BCUT2D eigenvalue weighted by Crippen LogP contribution is -2.28. The Labute approximate surface area is 314 Å². The third kappa shape index (κ3) is 38.9. The Morgan fingerprint density at radius 2 is 1.04 bits per heavy atom. The van der Waals surface area contributed by atoms with Gasteiger partial charge in [-0.1, -0.05) is 185 Å². The number of esters is 2. The van der Waals surface area contributed by atoms with Gasteiger partial charge in [-0.05, 0) is 50.9 Å². The molecule has 0 spiro atoms. The number of aliphatic hydroxyl groups excluding tert-OH is 2. The highest BCUT2D eigenvalue weighted by Crippen LogP contribution is 2.15. The first-order chi connectivity index (χ1) is 24.9. The number of unbranched alkanes of at least 4 members (excludes halogenated alkanes) is 17. The lowest BCUT2D eigenvalue weighted by molar-refractivity contribution is -0.161. The van der Waals surface area contributed by atoms with Crippen LogP contribution in [0.15, 0.2) is 48.6 Å².